The second-order valence-corrected chi connectivity index (χ2v) is 7.89. The van der Waals surface area contributed by atoms with Crippen LogP contribution in [0, 0.1) is 13.8 Å². The molecule has 0 radical (unpaired) electrons. The number of rotatable bonds is 3. The predicted molar refractivity (Wildman–Crippen MR) is 108 cm³/mol. The number of aromatic amines is 1. The van der Waals surface area contributed by atoms with Crippen molar-refractivity contribution >= 4 is 5.91 Å². The molecule has 0 aliphatic carbocycles. The first-order valence-electron chi connectivity index (χ1n) is 10.1. The molecule has 1 aromatic carbocycles. The molecule has 2 aliphatic heterocycles. The fourth-order valence-electron chi connectivity index (χ4n) is 4.54. The van der Waals surface area contributed by atoms with Crippen molar-refractivity contribution in [3.05, 3.63) is 56.8 Å². The van der Waals surface area contributed by atoms with Crippen LogP contribution in [0.5, 0.6) is 5.75 Å². The molecule has 0 unspecified atom stereocenters. The van der Waals surface area contributed by atoms with E-state index in [1.54, 1.807) is 21.0 Å². The number of benzene rings is 1. The first-order chi connectivity index (χ1) is 13.9. The lowest BCUT2D eigenvalue weighted by atomic mass is 9.79. The molecule has 29 heavy (non-hydrogen) atoms. The Bertz CT molecular complexity index is 990. The minimum atomic E-state index is -0.338. The van der Waals surface area contributed by atoms with Gasteiger partial charge in [-0.2, -0.15) is 0 Å². The maximum absolute atomic E-state index is 12.8. The lowest BCUT2D eigenvalue weighted by Crippen LogP contribution is -2.49. The number of carbonyl (C=O) groups is 1. The van der Waals surface area contributed by atoms with E-state index in [1.165, 1.54) is 11.1 Å². The van der Waals surface area contributed by atoms with Crippen LogP contribution < -0.4 is 10.3 Å². The van der Waals surface area contributed by atoms with Gasteiger partial charge in [0.2, 0.25) is 5.91 Å². The number of H-pyrrole nitrogens is 1. The normalized spacial score (nSPS) is 17.8. The topological polar surface area (TPSA) is 84.5 Å². The zero-order valence-corrected chi connectivity index (χ0v) is 17.2. The summed E-state index contributed by atoms with van der Waals surface area (Å²) in [5.74, 6) is 1.39. The number of ether oxygens (including phenoxy) is 2. The highest BCUT2D eigenvalue weighted by Gasteiger charge is 2.41. The molecule has 2 aliphatic rings. The van der Waals surface area contributed by atoms with Crippen LogP contribution in [-0.2, 0) is 28.0 Å². The molecule has 1 spiro atoms. The molecule has 7 heteroatoms. The number of amides is 1. The largest absolute Gasteiger partial charge is 0.497 e. The number of piperidine rings is 1. The summed E-state index contributed by atoms with van der Waals surface area (Å²) in [6, 6.07) is 6.18. The lowest BCUT2D eigenvalue weighted by molar-refractivity contribution is -0.140. The van der Waals surface area contributed by atoms with E-state index < -0.39 is 0 Å². The van der Waals surface area contributed by atoms with Gasteiger partial charge < -0.3 is 19.4 Å². The first kappa shape index (κ1) is 19.6. The van der Waals surface area contributed by atoms with Crippen LogP contribution in [0.2, 0.25) is 0 Å². The number of likely N-dealkylation sites (tertiary alicyclic amines) is 1. The van der Waals surface area contributed by atoms with Gasteiger partial charge in [0.1, 0.15) is 11.6 Å². The van der Waals surface area contributed by atoms with Gasteiger partial charge in [-0.05, 0) is 56.4 Å². The summed E-state index contributed by atoms with van der Waals surface area (Å²) in [5.41, 5.74) is 2.99. The number of carbonyl (C=O) groups excluding carboxylic acids is 1. The fraction of sp³-hybridized carbons (Fsp3) is 0.500. The second-order valence-electron chi connectivity index (χ2n) is 7.89. The first-order valence-corrected chi connectivity index (χ1v) is 10.1. The summed E-state index contributed by atoms with van der Waals surface area (Å²) in [7, 11) is 1.68. The Morgan fingerprint density at radius 1 is 1.31 bits per heavy atom. The van der Waals surface area contributed by atoms with Crippen LogP contribution in [-0.4, -0.2) is 47.6 Å². The summed E-state index contributed by atoms with van der Waals surface area (Å²) in [6.07, 6.45) is 2.45. The SMILES string of the molecule is COc1ccc2c(c1)CCOC21CCN(C(=O)Cc2c(C)nc(C)[nH]c2=O)CC1. The third-order valence-corrected chi connectivity index (χ3v) is 6.15. The van der Waals surface area contributed by atoms with Gasteiger partial charge in [0.15, 0.2) is 0 Å². The number of hydrogen-bond acceptors (Lipinski definition) is 5. The maximum atomic E-state index is 12.8. The number of nitrogens with zero attached hydrogens (tertiary/aromatic N) is 2. The van der Waals surface area contributed by atoms with Crippen molar-refractivity contribution in [2.45, 2.75) is 45.1 Å². The standard InChI is InChI=1S/C22H27N3O4/c1-14-18(21(27)24-15(2)23-14)13-20(26)25-9-7-22(8-10-25)19-5-4-17(28-3)12-16(19)6-11-29-22/h4-5,12H,6-11,13H2,1-3H3,(H,23,24,27). The van der Waals surface area contributed by atoms with Crippen molar-refractivity contribution in [1.29, 1.82) is 0 Å². The summed E-state index contributed by atoms with van der Waals surface area (Å²) in [5, 5.41) is 0. The Hall–Kier alpha value is -2.67. The Morgan fingerprint density at radius 2 is 2.07 bits per heavy atom. The lowest BCUT2D eigenvalue weighted by Gasteiger charge is -2.45. The Morgan fingerprint density at radius 3 is 2.76 bits per heavy atom. The van der Waals surface area contributed by atoms with Gasteiger partial charge in [0.25, 0.3) is 5.56 Å². The second kappa shape index (κ2) is 7.63. The van der Waals surface area contributed by atoms with Gasteiger partial charge in [-0.15, -0.1) is 0 Å². The van der Waals surface area contributed by atoms with Crippen LogP contribution in [0.4, 0.5) is 0 Å². The van der Waals surface area contributed by atoms with E-state index in [2.05, 4.69) is 22.1 Å². The molecule has 1 saturated heterocycles. The van der Waals surface area contributed by atoms with Crippen molar-refractivity contribution in [2.24, 2.45) is 0 Å². The molecule has 2 aromatic rings. The van der Waals surface area contributed by atoms with Crippen molar-refractivity contribution in [2.75, 3.05) is 26.8 Å². The van der Waals surface area contributed by atoms with Crippen LogP contribution >= 0.6 is 0 Å². The van der Waals surface area contributed by atoms with Crippen LogP contribution in [0.25, 0.3) is 0 Å². The van der Waals surface area contributed by atoms with Gasteiger partial charge in [0.05, 0.1) is 25.7 Å². The molecular formula is C22H27N3O4. The molecule has 0 atom stereocenters. The van der Waals surface area contributed by atoms with E-state index in [-0.39, 0.29) is 23.5 Å². The molecule has 7 nitrogen and oxygen atoms in total. The zero-order valence-electron chi connectivity index (χ0n) is 17.2. The van der Waals surface area contributed by atoms with Gasteiger partial charge in [-0.1, -0.05) is 6.07 Å². The molecule has 0 saturated carbocycles. The zero-order chi connectivity index (χ0) is 20.6. The average molecular weight is 397 g/mol. The summed E-state index contributed by atoms with van der Waals surface area (Å²) in [6.45, 7) is 5.41. The highest BCUT2D eigenvalue weighted by molar-refractivity contribution is 5.79. The smallest absolute Gasteiger partial charge is 0.254 e. The number of hydrogen-bond donors (Lipinski definition) is 1. The van der Waals surface area contributed by atoms with Gasteiger partial charge in [0, 0.05) is 24.3 Å². The Labute approximate surface area is 170 Å². The summed E-state index contributed by atoms with van der Waals surface area (Å²) < 4.78 is 11.6. The van der Waals surface area contributed by atoms with Gasteiger partial charge >= 0.3 is 0 Å². The monoisotopic (exact) mass is 397 g/mol. The molecule has 4 rings (SSSR count). The minimum absolute atomic E-state index is 0.0372. The summed E-state index contributed by atoms with van der Waals surface area (Å²) in [4.78, 5) is 33.9. The molecule has 1 N–H and O–H groups in total. The quantitative estimate of drug-likeness (QED) is 0.857. The number of methoxy groups -OCH3 is 1. The maximum Gasteiger partial charge on any atom is 0.254 e. The van der Waals surface area contributed by atoms with E-state index in [0.29, 0.717) is 36.8 Å². The fourth-order valence-corrected chi connectivity index (χ4v) is 4.54. The molecule has 154 valence electrons. The van der Waals surface area contributed by atoms with E-state index in [1.807, 2.05) is 11.0 Å². The van der Waals surface area contributed by atoms with Crippen molar-refractivity contribution in [3.63, 3.8) is 0 Å². The highest BCUT2D eigenvalue weighted by Crippen LogP contribution is 2.42. The van der Waals surface area contributed by atoms with E-state index >= 15 is 0 Å². The summed E-state index contributed by atoms with van der Waals surface area (Å²) >= 11 is 0. The minimum Gasteiger partial charge on any atom is -0.497 e. The molecule has 3 heterocycles. The third kappa shape index (κ3) is 3.67. The van der Waals surface area contributed by atoms with Crippen LogP contribution in [0.1, 0.15) is 41.1 Å². The molecular weight excluding hydrogens is 370 g/mol. The Balaban J connectivity index is 1.48. The van der Waals surface area contributed by atoms with E-state index in [0.717, 1.165) is 25.0 Å². The predicted octanol–water partition coefficient (Wildman–Crippen LogP) is 2.03. The molecule has 1 aromatic heterocycles. The van der Waals surface area contributed by atoms with Gasteiger partial charge in [-0.3, -0.25) is 9.59 Å². The number of fused-ring (bicyclic) bond motifs is 2. The number of aromatic nitrogens is 2. The van der Waals surface area contributed by atoms with Crippen LogP contribution in [0.15, 0.2) is 23.0 Å². The van der Waals surface area contributed by atoms with Crippen molar-refractivity contribution in [3.8, 4) is 5.75 Å². The van der Waals surface area contributed by atoms with Crippen molar-refractivity contribution in [1.82, 2.24) is 14.9 Å². The Kier molecular flexibility index (Phi) is 5.17. The van der Waals surface area contributed by atoms with Crippen molar-refractivity contribution < 1.29 is 14.3 Å². The molecule has 0 bridgehead atoms. The molecule has 1 fully saturated rings. The number of aryl methyl sites for hydroxylation is 2. The average Bonchev–Trinajstić information content (AvgIpc) is 2.71. The van der Waals surface area contributed by atoms with E-state index in [9.17, 15) is 9.59 Å². The van der Waals surface area contributed by atoms with Gasteiger partial charge in [-0.25, -0.2) is 4.98 Å². The van der Waals surface area contributed by atoms with Crippen LogP contribution in [0.3, 0.4) is 0 Å². The van der Waals surface area contributed by atoms with E-state index in [4.69, 9.17) is 9.47 Å². The highest BCUT2D eigenvalue weighted by atomic mass is 16.5. The third-order valence-electron chi connectivity index (χ3n) is 6.15. The molecule has 1 amide bonds. The number of nitrogens with one attached hydrogen (secondary N) is 1.